The lowest BCUT2D eigenvalue weighted by molar-refractivity contribution is 0.0837. The number of carbonyl (C=O) groups excluding carboxylic acids is 1. The predicted octanol–water partition coefficient (Wildman–Crippen LogP) is 3.42. The first-order valence-electron chi connectivity index (χ1n) is 10.5. The highest BCUT2D eigenvalue weighted by Crippen LogP contribution is 2.24. The average molecular weight is 444 g/mol. The third-order valence-corrected chi connectivity index (χ3v) is 5.43. The summed E-state index contributed by atoms with van der Waals surface area (Å²) in [5, 5.41) is 3.51. The summed E-state index contributed by atoms with van der Waals surface area (Å²) < 4.78 is 18.9. The van der Waals surface area contributed by atoms with Crippen molar-refractivity contribution in [3.8, 4) is 17.1 Å². The fraction of sp³-hybridized carbons (Fsp3) is 0.208. The van der Waals surface area contributed by atoms with E-state index in [2.05, 4.69) is 37.2 Å². The largest absolute Gasteiger partial charge is 0.476 e. The maximum atomic E-state index is 13.1. The molecular weight excluding hydrogens is 423 g/mol. The highest BCUT2D eigenvalue weighted by atomic mass is 19.1. The number of aromatic nitrogens is 4. The van der Waals surface area contributed by atoms with Crippen LogP contribution in [0.4, 0.5) is 10.2 Å². The van der Waals surface area contributed by atoms with Crippen molar-refractivity contribution in [3.63, 3.8) is 0 Å². The number of rotatable bonds is 6. The number of fused-ring (bicyclic) bond motifs is 1. The lowest BCUT2D eigenvalue weighted by Crippen LogP contribution is -2.46. The molecule has 1 fully saturated rings. The second-order valence-electron chi connectivity index (χ2n) is 8.09. The first-order valence-corrected chi connectivity index (χ1v) is 10.5. The van der Waals surface area contributed by atoms with Crippen molar-refractivity contribution in [2.45, 2.75) is 0 Å². The zero-order valence-corrected chi connectivity index (χ0v) is 17.9. The van der Waals surface area contributed by atoms with E-state index in [1.165, 1.54) is 24.3 Å². The molecular formula is C24H21FN6O2. The van der Waals surface area contributed by atoms with Crippen LogP contribution in [0.1, 0.15) is 10.4 Å². The molecule has 0 aliphatic carbocycles. The third kappa shape index (κ3) is 4.78. The molecule has 4 aromatic rings. The topological polar surface area (TPSA) is 93.1 Å². The molecule has 4 heterocycles. The Balaban J connectivity index is 1.34. The molecule has 1 aromatic carbocycles. The smallest absolute Gasteiger partial charge is 0.256 e. The van der Waals surface area contributed by atoms with Crippen LogP contribution in [-0.4, -0.2) is 57.5 Å². The lowest BCUT2D eigenvalue weighted by atomic mass is 10.0. The molecule has 1 saturated heterocycles. The van der Waals surface area contributed by atoms with Crippen molar-refractivity contribution < 1.29 is 13.9 Å². The Morgan fingerprint density at radius 1 is 1.12 bits per heavy atom. The van der Waals surface area contributed by atoms with Gasteiger partial charge >= 0.3 is 0 Å². The van der Waals surface area contributed by atoms with Crippen LogP contribution in [0.25, 0.3) is 22.2 Å². The number of benzene rings is 1. The Morgan fingerprint density at radius 3 is 2.73 bits per heavy atom. The fourth-order valence-electron chi connectivity index (χ4n) is 3.72. The summed E-state index contributed by atoms with van der Waals surface area (Å²) in [5.41, 5.74) is 2.42. The van der Waals surface area contributed by atoms with E-state index in [1.54, 1.807) is 30.9 Å². The molecule has 0 atom stereocenters. The van der Waals surface area contributed by atoms with E-state index >= 15 is 0 Å². The maximum absolute atomic E-state index is 13.1. The summed E-state index contributed by atoms with van der Waals surface area (Å²) in [7, 11) is 2.08. The van der Waals surface area contributed by atoms with Gasteiger partial charge in [0.05, 0.1) is 36.4 Å². The van der Waals surface area contributed by atoms with Gasteiger partial charge in [0.2, 0.25) is 5.88 Å². The predicted molar refractivity (Wildman–Crippen MR) is 121 cm³/mol. The van der Waals surface area contributed by atoms with Gasteiger partial charge in [-0.15, -0.1) is 0 Å². The normalized spacial score (nSPS) is 14.1. The minimum Gasteiger partial charge on any atom is -0.476 e. The number of anilines is 1. The lowest BCUT2D eigenvalue weighted by Gasteiger charge is -2.35. The molecule has 1 aliphatic heterocycles. The van der Waals surface area contributed by atoms with Crippen molar-refractivity contribution in [1.82, 2.24) is 24.8 Å². The Morgan fingerprint density at radius 2 is 1.94 bits per heavy atom. The van der Waals surface area contributed by atoms with Crippen LogP contribution in [0.2, 0.25) is 0 Å². The van der Waals surface area contributed by atoms with Crippen molar-refractivity contribution in [2.75, 3.05) is 32.1 Å². The molecule has 1 aliphatic rings. The highest BCUT2D eigenvalue weighted by Gasteiger charge is 2.23. The van der Waals surface area contributed by atoms with Crippen molar-refractivity contribution in [1.29, 1.82) is 0 Å². The van der Waals surface area contributed by atoms with Crippen molar-refractivity contribution in [3.05, 3.63) is 72.6 Å². The molecule has 0 saturated carbocycles. The number of nitrogens with zero attached hydrogens (tertiary/aromatic N) is 5. The Hall–Kier alpha value is -3.98. The monoisotopic (exact) mass is 444 g/mol. The van der Waals surface area contributed by atoms with Gasteiger partial charge in [0.25, 0.3) is 5.91 Å². The number of pyridine rings is 2. The van der Waals surface area contributed by atoms with Gasteiger partial charge in [0, 0.05) is 41.7 Å². The minimum atomic E-state index is -0.401. The van der Waals surface area contributed by atoms with Gasteiger partial charge in [-0.05, 0) is 43.4 Å². The molecule has 166 valence electrons. The number of halogens is 1. The van der Waals surface area contributed by atoms with Crippen LogP contribution in [0, 0.1) is 11.7 Å². The zero-order chi connectivity index (χ0) is 22.8. The number of hydrogen-bond donors (Lipinski definition) is 1. The van der Waals surface area contributed by atoms with E-state index in [9.17, 15) is 9.18 Å². The summed E-state index contributed by atoms with van der Waals surface area (Å²) in [5.74, 6) is 0.578. The number of carbonyl (C=O) groups is 1. The highest BCUT2D eigenvalue weighted by molar-refractivity contribution is 6.04. The third-order valence-electron chi connectivity index (χ3n) is 5.43. The second-order valence-corrected chi connectivity index (χ2v) is 8.09. The summed E-state index contributed by atoms with van der Waals surface area (Å²) in [4.78, 5) is 32.2. The first kappa shape index (κ1) is 20.9. The van der Waals surface area contributed by atoms with Crippen LogP contribution in [0.3, 0.4) is 0 Å². The minimum absolute atomic E-state index is 0.339. The summed E-state index contributed by atoms with van der Waals surface area (Å²) in [6.07, 6.45) is 6.55. The summed E-state index contributed by atoms with van der Waals surface area (Å²) in [6, 6.07) is 8.95. The van der Waals surface area contributed by atoms with E-state index in [0.717, 1.165) is 24.0 Å². The van der Waals surface area contributed by atoms with Crippen molar-refractivity contribution in [2.24, 2.45) is 5.92 Å². The Kier molecular flexibility index (Phi) is 5.62. The number of likely N-dealkylation sites (tertiary alicyclic amines) is 1. The van der Waals surface area contributed by atoms with Crippen LogP contribution >= 0.6 is 0 Å². The number of amides is 1. The van der Waals surface area contributed by atoms with E-state index in [0.29, 0.717) is 41.0 Å². The van der Waals surface area contributed by atoms with Gasteiger partial charge in [-0.25, -0.2) is 14.4 Å². The standard InChI is InChI=1S/C24H21FN6O2/c1-31-12-15(13-31)14-33-23-11-26-9-21(29-23)18-6-17-7-22(28-10-20(17)27-8-18)30-24(32)16-2-4-19(25)5-3-16/h2-11,15H,12-14H2,1H3,(H,28,30,32). The molecule has 3 aromatic heterocycles. The Labute approximate surface area is 189 Å². The van der Waals surface area contributed by atoms with Gasteiger partial charge < -0.3 is 15.0 Å². The van der Waals surface area contributed by atoms with Crippen LogP contribution in [0.5, 0.6) is 5.88 Å². The number of hydrogen-bond acceptors (Lipinski definition) is 7. The second kappa shape index (κ2) is 8.87. The fourth-order valence-corrected chi connectivity index (χ4v) is 3.72. The molecule has 0 bridgehead atoms. The molecule has 0 radical (unpaired) electrons. The quantitative estimate of drug-likeness (QED) is 0.487. The maximum Gasteiger partial charge on any atom is 0.256 e. The summed E-state index contributed by atoms with van der Waals surface area (Å²) >= 11 is 0. The molecule has 0 unspecified atom stereocenters. The molecule has 1 amide bonds. The van der Waals surface area contributed by atoms with Gasteiger partial charge in [-0.2, -0.15) is 0 Å². The molecule has 33 heavy (non-hydrogen) atoms. The molecule has 0 spiro atoms. The van der Waals surface area contributed by atoms with E-state index < -0.39 is 5.82 Å². The average Bonchev–Trinajstić information content (AvgIpc) is 2.81. The van der Waals surface area contributed by atoms with Crippen LogP contribution in [-0.2, 0) is 0 Å². The molecule has 1 N–H and O–H groups in total. The number of nitrogens with one attached hydrogen (secondary N) is 1. The van der Waals surface area contributed by atoms with E-state index in [-0.39, 0.29) is 5.91 Å². The molecule has 8 nitrogen and oxygen atoms in total. The van der Waals surface area contributed by atoms with Gasteiger partial charge in [0.15, 0.2) is 0 Å². The van der Waals surface area contributed by atoms with Gasteiger partial charge in [0.1, 0.15) is 11.6 Å². The van der Waals surface area contributed by atoms with Gasteiger partial charge in [-0.1, -0.05) is 0 Å². The van der Waals surface area contributed by atoms with Gasteiger partial charge in [-0.3, -0.25) is 14.8 Å². The SMILES string of the molecule is CN1CC(COc2cncc(-c3cnc4cnc(NC(=O)c5ccc(F)cc5)cc4c3)n2)C1. The molecule has 9 heteroatoms. The number of ether oxygens (including phenoxy) is 1. The summed E-state index contributed by atoms with van der Waals surface area (Å²) in [6.45, 7) is 2.66. The Bertz CT molecular complexity index is 1310. The van der Waals surface area contributed by atoms with Crippen LogP contribution < -0.4 is 10.1 Å². The van der Waals surface area contributed by atoms with E-state index in [4.69, 9.17) is 4.74 Å². The first-order chi connectivity index (χ1) is 16.0. The van der Waals surface area contributed by atoms with Crippen molar-refractivity contribution >= 4 is 22.6 Å². The van der Waals surface area contributed by atoms with Crippen LogP contribution in [0.15, 0.2) is 61.2 Å². The molecule has 5 rings (SSSR count). The zero-order valence-electron chi connectivity index (χ0n) is 17.9. The van der Waals surface area contributed by atoms with E-state index in [1.807, 2.05) is 6.07 Å².